The smallest absolute Gasteiger partial charge is 0.394 e. The fourth-order valence-electron chi connectivity index (χ4n) is 2.35. The number of nitrogen functional groups attached to an aromatic ring is 1. The molecule has 1 aliphatic heterocycles. The van der Waals surface area contributed by atoms with Crippen LogP contribution in [0.25, 0.3) is 11.2 Å². The van der Waals surface area contributed by atoms with Crippen molar-refractivity contribution in [2.75, 3.05) is 12.3 Å². The van der Waals surface area contributed by atoms with Crippen molar-refractivity contribution in [2.24, 2.45) is 0 Å². The summed E-state index contributed by atoms with van der Waals surface area (Å²) in [6.45, 7) is 1.29. The van der Waals surface area contributed by atoms with E-state index in [0.717, 1.165) is 0 Å². The number of imidazole rings is 1. The fourth-order valence-corrected chi connectivity index (χ4v) is 2.35. The second kappa shape index (κ2) is 7.27. The number of nitrogens with two attached hydrogens (primary N) is 1. The van der Waals surface area contributed by atoms with Crippen LogP contribution in [0.4, 0.5) is 5.82 Å². The highest BCUT2D eigenvalue weighted by molar-refractivity contribution is 7.45. The number of aryl methyl sites for hydroxylation is 1. The molecule has 2 aromatic rings. The summed E-state index contributed by atoms with van der Waals surface area (Å²) in [6.07, 6.45) is -2.70. The molecule has 1 saturated heterocycles. The number of hydrogen-bond acceptors (Lipinski definition) is 9. The SMILES string of the molecule is Cc1nc(N)c2ncn([C@@H]3O[C@H](CO)[C@@H](O)[C@H]3O)c2n1.O=P(O)(O)O. The van der Waals surface area contributed by atoms with Crippen LogP contribution in [0.5, 0.6) is 0 Å². The highest BCUT2D eigenvalue weighted by atomic mass is 31.2. The molecule has 1 fully saturated rings. The summed E-state index contributed by atoms with van der Waals surface area (Å²) in [6, 6.07) is 0. The molecular weight excluding hydrogens is 361 g/mol. The molecule has 0 aliphatic carbocycles. The van der Waals surface area contributed by atoms with Crippen LogP contribution in [-0.4, -0.2) is 74.4 Å². The Morgan fingerprint density at radius 2 is 1.88 bits per heavy atom. The number of phosphoric acid groups is 1. The van der Waals surface area contributed by atoms with Crippen molar-refractivity contribution in [1.82, 2.24) is 19.5 Å². The summed E-state index contributed by atoms with van der Waals surface area (Å²) in [7, 11) is -4.64. The topological polar surface area (TPSA) is 217 Å². The third-order valence-corrected chi connectivity index (χ3v) is 3.35. The molecular formula is C11H18N5O8P. The quantitative estimate of drug-likeness (QED) is 0.267. The van der Waals surface area contributed by atoms with Crippen LogP contribution in [0, 0.1) is 6.92 Å². The number of aromatic nitrogens is 4. The van der Waals surface area contributed by atoms with E-state index in [1.54, 1.807) is 6.92 Å². The van der Waals surface area contributed by atoms with Gasteiger partial charge in [-0.05, 0) is 6.92 Å². The van der Waals surface area contributed by atoms with Gasteiger partial charge < -0.3 is 40.5 Å². The van der Waals surface area contributed by atoms with E-state index in [1.807, 2.05) is 0 Å². The van der Waals surface area contributed by atoms with Crippen LogP contribution in [-0.2, 0) is 9.30 Å². The van der Waals surface area contributed by atoms with Crippen molar-refractivity contribution >= 4 is 24.8 Å². The standard InChI is InChI=1S/C11H15N5O4.H3O4P/c1-4-14-9(12)6-10(15-4)16(3-13-6)11-8(19)7(18)5(2-17)20-11;1-5(2,3)4/h3,5,7-8,11,17-19H,2H2,1H3,(H2,12,14,15);(H3,1,2,3,4)/t5-,7-,8-,11-;/m1./s1. The molecule has 0 amide bonds. The molecule has 1 aliphatic rings. The first kappa shape index (κ1) is 19.6. The van der Waals surface area contributed by atoms with Gasteiger partial charge in [0.2, 0.25) is 0 Å². The Labute approximate surface area is 140 Å². The normalized spacial score (nSPS) is 26.5. The molecule has 3 rings (SSSR count). The predicted molar refractivity (Wildman–Crippen MR) is 81.7 cm³/mol. The van der Waals surface area contributed by atoms with Crippen molar-refractivity contribution in [3.05, 3.63) is 12.2 Å². The van der Waals surface area contributed by atoms with Crippen LogP contribution in [0.1, 0.15) is 12.1 Å². The Morgan fingerprint density at radius 1 is 1.28 bits per heavy atom. The minimum atomic E-state index is -4.64. The number of aliphatic hydroxyl groups excluding tert-OH is 3. The zero-order chi connectivity index (χ0) is 18.9. The molecule has 0 bridgehead atoms. The summed E-state index contributed by atoms with van der Waals surface area (Å²) in [5.74, 6) is 0.696. The van der Waals surface area contributed by atoms with E-state index in [-0.39, 0.29) is 5.82 Å². The number of rotatable bonds is 2. The average molecular weight is 379 g/mol. The molecule has 13 nitrogen and oxygen atoms in total. The Morgan fingerprint density at radius 3 is 2.40 bits per heavy atom. The summed E-state index contributed by atoms with van der Waals surface area (Å²) in [5.41, 5.74) is 6.57. The van der Waals surface area contributed by atoms with E-state index < -0.39 is 39.0 Å². The monoisotopic (exact) mass is 379 g/mol. The van der Waals surface area contributed by atoms with Gasteiger partial charge in [-0.2, -0.15) is 0 Å². The zero-order valence-electron chi connectivity index (χ0n) is 12.9. The second-order valence-electron chi connectivity index (χ2n) is 5.22. The Balaban J connectivity index is 0.000000399. The largest absolute Gasteiger partial charge is 0.466 e. The lowest BCUT2D eigenvalue weighted by Gasteiger charge is -2.16. The van der Waals surface area contributed by atoms with Crippen LogP contribution in [0.3, 0.4) is 0 Å². The third kappa shape index (κ3) is 4.48. The van der Waals surface area contributed by atoms with Gasteiger partial charge in [0.25, 0.3) is 0 Å². The maximum absolute atomic E-state index is 10.0. The minimum absolute atomic E-state index is 0.234. The number of hydrogen-bond donors (Lipinski definition) is 7. The maximum atomic E-state index is 10.0. The van der Waals surface area contributed by atoms with E-state index in [0.29, 0.717) is 17.0 Å². The molecule has 3 heterocycles. The van der Waals surface area contributed by atoms with Crippen molar-refractivity contribution in [3.8, 4) is 0 Å². The van der Waals surface area contributed by atoms with Gasteiger partial charge in [0.1, 0.15) is 29.7 Å². The van der Waals surface area contributed by atoms with E-state index in [4.69, 9.17) is 34.8 Å². The number of ether oxygens (including phenoxy) is 1. The summed E-state index contributed by atoms with van der Waals surface area (Å²) in [5, 5.41) is 28.9. The lowest BCUT2D eigenvalue weighted by molar-refractivity contribution is -0.0511. The van der Waals surface area contributed by atoms with Gasteiger partial charge in [-0.1, -0.05) is 0 Å². The first-order valence-corrected chi connectivity index (χ1v) is 8.46. The molecule has 14 heteroatoms. The Hall–Kier alpha value is -1.70. The molecule has 0 radical (unpaired) electrons. The molecule has 2 aromatic heterocycles. The maximum Gasteiger partial charge on any atom is 0.466 e. The average Bonchev–Trinajstić information content (AvgIpc) is 3.00. The van der Waals surface area contributed by atoms with Crippen molar-refractivity contribution in [3.63, 3.8) is 0 Å². The highest BCUT2D eigenvalue weighted by Gasteiger charge is 2.44. The van der Waals surface area contributed by atoms with Crippen LogP contribution in [0.15, 0.2) is 6.33 Å². The van der Waals surface area contributed by atoms with Gasteiger partial charge >= 0.3 is 7.82 Å². The number of aliphatic hydroxyl groups is 3. The van der Waals surface area contributed by atoms with Gasteiger partial charge in [-0.15, -0.1) is 0 Å². The first-order valence-electron chi connectivity index (χ1n) is 6.90. The number of anilines is 1. The summed E-state index contributed by atoms with van der Waals surface area (Å²) < 4.78 is 15.8. The molecule has 0 aromatic carbocycles. The molecule has 0 unspecified atom stereocenters. The van der Waals surface area contributed by atoms with Crippen molar-refractivity contribution in [2.45, 2.75) is 31.5 Å². The van der Waals surface area contributed by atoms with Gasteiger partial charge in [0, 0.05) is 0 Å². The molecule has 25 heavy (non-hydrogen) atoms. The fraction of sp³-hybridized carbons (Fsp3) is 0.545. The second-order valence-corrected chi connectivity index (χ2v) is 6.25. The Bertz CT molecular complexity index is 786. The van der Waals surface area contributed by atoms with Crippen LogP contribution < -0.4 is 5.73 Å². The highest BCUT2D eigenvalue weighted by Crippen LogP contribution is 2.31. The van der Waals surface area contributed by atoms with Crippen molar-refractivity contribution in [1.29, 1.82) is 0 Å². The molecule has 8 N–H and O–H groups in total. The minimum Gasteiger partial charge on any atom is -0.394 e. The molecule has 0 spiro atoms. The van der Waals surface area contributed by atoms with E-state index in [1.165, 1.54) is 10.9 Å². The van der Waals surface area contributed by atoms with Gasteiger partial charge in [-0.3, -0.25) is 4.57 Å². The number of nitrogens with zero attached hydrogens (tertiary/aromatic N) is 4. The van der Waals surface area contributed by atoms with Gasteiger partial charge in [0.05, 0.1) is 12.9 Å². The van der Waals surface area contributed by atoms with E-state index >= 15 is 0 Å². The van der Waals surface area contributed by atoms with Gasteiger partial charge in [0.15, 0.2) is 17.7 Å². The molecule has 0 saturated carbocycles. The Kier molecular flexibility index (Phi) is 5.71. The van der Waals surface area contributed by atoms with Crippen molar-refractivity contribution < 1.29 is 39.3 Å². The predicted octanol–water partition coefficient (Wildman–Crippen LogP) is -2.60. The van der Waals surface area contributed by atoms with Gasteiger partial charge in [-0.25, -0.2) is 19.5 Å². The van der Waals surface area contributed by atoms with Crippen LogP contribution >= 0.6 is 7.82 Å². The van der Waals surface area contributed by atoms with E-state index in [9.17, 15) is 10.2 Å². The number of fused-ring (bicyclic) bond motifs is 1. The first-order chi connectivity index (χ1) is 11.5. The molecule has 140 valence electrons. The third-order valence-electron chi connectivity index (χ3n) is 3.35. The lowest BCUT2D eigenvalue weighted by Crippen LogP contribution is -2.33. The van der Waals surface area contributed by atoms with E-state index in [2.05, 4.69) is 15.0 Å². The summed E-state index contributed by atoms with van der Waals surface area (Å²) >= 11 is 0. The zero-order valence-corrected chi connectivity index (χ0v) is 13.8. The summed E-state index contributed by atoms with van der Waals surface area (Å²) in [4.78, 5) is 33.9. The molecule has 4 atom stereocenters. The lowest BCUT2D eigenvalue weighted by atomic mass is 10.1. The van der Waals surface area contributed by atoms with Crippen LogP contribution in [0.2, 0.25) is 0 Å².